The van der Waals surface area contributed by atoms with Crippen LogP contribution in [-0.4, -0.2) is 23.6 Å². The zero-order valence-electron chi connectivity index (χ0n) is 11.4. The lowest BCUT2D eigenvalue weighted by Gasteiger charge is -2.28. The standard InChI is InChI=1S/C14H18N2O3/c1-4-7-14(2,13(17)18-3)16-12-10-6-9-19-11(10)5-8-15-12/h5-6,8-9H,4,7H2,1-3H3,(H,15,16). The fraction of sp³-hybridized carbons (Fsp3) is 0.429. The molecule has 0 spiro atoms. The van der Waals surface area contributed by atoms with Gasteiger partial charge in [0.05, 0.1) is 18.8 Å². The number of fused-ring (bicyclic) bond motifs is 1. The van der Waals surface area contributed by atoms with Crippen molar-refractivity contribution in [3.63, 3.8) is 0 Å². The summed E-state index contributed by atoms with van der Waals surface area (Å²) in [6.45, 7) is 3.84. The molecule has 2 heterocycles. The summed E-state index contributed by atoms with van der Waals surface area (Å²) in [7, 11) is 1.39. The number of aromatic nitrogens is 1. The van der Waals surface area contributed by atoms with Crippen LogP contribution in [0.15, 0.2) is 29.0 Å². The average molecular weight is 262 g/mol. The smallest absolute Gasteiger partial charge is 0.331 e. The van der Waals surface area contributed by atoms with Crippen molar-refractivity contribution in [3.8, 4) is 0 Å². The molecule has 0 aromatic carbocycles. The minimum Gasteiger partial charge on any atom is -0.467 e. The van der Waals surface area contributed by atoms with Crippen molar-refractivity contribution in [3.05, 3.63) is 24.6 Å². The van der Waals surface area contributed by atoms with Crippen molar-refractivity contribution in [1.29, 1.82) is 0 Å². The number of hydrogen-bond acceptors (Lipinski definition) is 5. The summed E-state index contributed by atoms with van der Waals surface area (Å²) in [5.74, 6) is 0.337. The fourth-order valence-corrected chi connectivity index (χ4v) is 2.20. The molecule has 1 atom stereocenters. The highest BCUT2D eigenvalue weighted by Gasteiger charge is 2.34. The maximum absolute atomic E-state index is 12.0. The first-order valence-corrected chi connectivity index (χ1v) is 6.29. The molecule has 2 aromatic heterocycles. The number of pyridine rings is 1. The van der Waals surface area contributed by atoms with E-state index in [9.17, 15) is 4.79 Å². The first-order valence-electron chi connectivity index (χ1n) is 6.29. The molecule has 1 N–H and O–H groups in total. The van der Waals surface area contributed by atoms with Crippen molar-refractivity contribution in [1.82, 2.24) is 4.98 Å². The number of rotatable bonds is 5. The zero-order chi connectivity index (χ0) is 13.9. The van der Waals surface area contributed by atoms with E-state index in [1.165, 1.54) is 7.11 Å². The topological polar surface area (TPSA) is 64.4 Å². The molecular weight excluding hydrogens is 244 g/mol. The average Bonchev–Trinajstić information content (AvgIpc) is 2.87. The van der Waals surface area contributed by atoms with Gasteiger partial charge < -0.3 is 14.5 Å². The van der Waals surface area contributed by atoms with Crippen LogP contribution in [0.3, 0.4) is 0 Å². The maximum Gasteiger partial charge on any atom is 0.331 e. The van der Waals surface area contributed by atoms with Gasteiger partial charge in [-0.3, -0.25) is 0 Å². The maximum atomic E-state index is 12.0. The normalized spacial score (nSPS) is 14.1. The summed E-state index contributed by atoms with van der Waals surface area (Å²) in [6, 6.07) is 3.62. The Bertz CT molecular complexity index is 579. The predicted octanol–water partition coefficient (Wildman–Crippen LogP) is 2.97. The first-order chi connectivity index (χ1) is 9.10. The van der Waals surface area contributed by atoms with E-state index in [4.69, 9.17) is 9.15 Å². The van der Waals surface area contributed by atoms with E-state index in [2.05, 4.69) is 10.3 Å². The van der Waals surface area contributed by atoms with Gasteiger partial charge in [0, 0.05) is 6.20 Å². The Morgan fingerprint density at radius 3 is 3.00 bits per heavy atom. The first kappa shape index (κ1) is 13.4. The number of carbonyl (C=O) groups excluding carboxylic acids is 1. The highest BCUT2D eigenvalue weighted by Crippen LogP contribution is 2.27. The van der Waals surface area contributed by atoms with Crippen LogP contribution in [0.25, 0.3) is 11.0 Å². The van der Waals surface area contributed by atoms with Gasteiger partial charge in [0.2, 0.25) is 0 Å². The number of hydrogen-bond donors (Lipinski definition) is 1. The Balaban J connectivity index is 2.36. The van der Waals surface area contributed by atoms with E-state index in [0.717, 1.165) is 17.4 Å². The molecule has 0 aliphatic heterocycles. The van der Waals surface area contributed by atoms with Gasteiger partial charge in [0.15, 0.2) is 0 Å². The summed E-state index contributed by atoms with van der Waals surface area (Å²) < 4.78 is 10.2. The lowest BCUT2D eigenvalue weighted by atomic mass is 9.96. The minimum atomic E-state index is -0.790. The second kappa shape index (κ2) is 5.30. The van der Waals surface area contributed by atoms with E-state index in [1.807, 2.05) is 19.9 Å². The molecular formula is C14H18N2O3. The third-order valence-electron chi connectivity index (χ3n) is 3.16. The molecule has 102 valence electrons. The molecule has 0 aliphatic rings. The van der Waals surface area contributed by atoms with Crippen molar-refractivity contribution in [2.24, 2.45) is 0 Å². The van der Waals surface area contributed by atoms with Crippen molar-refractivity contribution in [2.45, 2.75) is 32.2 Å². The number of nitrogens with one attached hydrogen (secondary N) is 1. The number of ether oxygens (including phenoxy) is 1. The number of esters is 1. The highest BCUT2D eigenvalue weighted by molar-refractivity contribution is 5.91. The molecule has 0 fully saturated rings. The van der Waals surface area contributed by atoms with Crippen molar-refractivity contribution >= 4 is 22.8 Å². The second-order valence-electron chi connectivity index (χ2n) is 4.69. The van der Waals surface area contributed by atoms with Crippen LogP contribution in [0.1, 0.15) is 26.7 Å². The fourth-order valence-electron chi connectivity index (χ4n) is 2.20. The number of furan rings is 1. The number of carbonyl (C=O) groups is 1. The molecule has 1 unspecified atom stereocenters. The quantitative estimate of drug-likeness (QED) is 0.839. The second-order valence-corrected chi connectivity index (χ2v) is 4.69. The molecule has 2 rings (SSSR count). The predicted molar refractivity (Wildman–Crippen MR) is 73.0 cm³/mol. The third-order valence-corrected chi connectivity index (χ3v) is 3.16. The van der Waals surface area contributed by atoms with E-state index in [-0.39, 0.29) is 5.97 Å². The third kappa shape index (κ3) is 2.54. The number of nitrogens with zero attached hydrogens (tertiary/aromatic N) is 1. The van der Waals surface area contributed by atoms with E-state index in [1.54, 1.807) is 18.5 Å². The summed E-state index contributed by atoms with van der Waals surface area (Å²) in [5, 5.41) is 4.05. The van der Waals surface area contributed by atoms with E-state index < -0.39 is 5.54 Å². The van der Waals surface area contributed by atoms with Crippen LogP contribution >= 0.6 is 0 Å². The molecule has 5 nitrogen and oxygen atoms in total. The Hall–Kier alpha value is -2.04. The lowest BCUT2D eigenvalue weighted by molar-refractivity contribution is -0.145. The van der Waals surface area contributed by atoms with Gasteiger partial charge in [-0.25, -0.2) is 9.78 Å². The molecule has 19 heavy (non-hydrogen) atoms. The van der Waals surface area contributed by atoms with Crippen LogP contribution < -0.4 is 5.32 Å². The molecule has 0 saturated carbocycles. The molecule has 0 radical (unpaired) electrons. The highest BCUT2D eigenvalue weighted by atomic mass is 16.5. The summed E-state index contributed by atoms with van der Waals surface area (Å²) in [6.07, 6.45) is 4.78. The minimum absolute atomic E-state index is 0.295. The van der Waals surface area contributed by atoms with Crippen molar-refractivity contribution < 1.29 is 13.9 Å². The lowest BCUT2D eigenvalue weighted by Crippen LogP contribution is -2.44. The Morgan fingerprint density at radius 1 is 1.53 bits per heavy atom. The van der Waals surface area contributed by atoms with Gasteiger partial charge in [-0.05, 0) is 25.5 Å². The van der Waals surface area contributed by atoms with Crippen LogP contribution in [0, 0.1) is 0 Å². The van der Waals surface area contributed by atoms with Gasteiger partial charge in [-0.2, -0.15) is 0 Å². The van der Waals surface area contributed by atoms with E-state index in [0.29, 0.717) is 12.2 Å². The molecule has 2 aromatic rings. The van der Waals surface area contributed by atoms with Crippen LogP contribution in [0.4, 0.5) is 5.82 Å². The van der Waals surface area contributed by atoms with Gasteiger partial charge >= 0.3 is 5.97 Å². The molecule has 0 amide bonds. The van der Waals surface area contributed by atoms with Gasteiger partial charge in [-0.1, -0.05) is 13.3 Å². The van der Waals surface area contributed by atoms with Gasteiger partial charge in [0.25, 0.3) is 0 Å². The summed E-state index contributed by atoms with van der Waals surface area (Å²) in [4.78, 5) is 16.3. The van der Waals surface area contributed by atoms with Crippen molar-refractivity contribution in [2.75, 3.05) is 12.4 Å². The number of anilines is 1. The molecule has 0 saturated heterocycles. The molecule has 0 bridgehead atoms. The van der Waals surface area contributed by atoms with Gasteiger partial charge in [0.1, 0.15) is 16.9 Å². The van der Waals surface area contributed by atoms with Gasteiger partial charge in [-0.15, -0.1) is 0 Å². The Kier molecular flexibility index (Phi) is 3.74. The zero-order valence-corrected chi connectivity index (χ0v) is 11.4. The molecule has 0 aliphatic carbocycles. The van der Waals surface area contributed by atoms with Crippen LogP contribution in [0.2, 0.25) is 0 Å². The molecule has 5 heteroatoms. The number of methoxy groups -OCH3 is 1. The summed E-state index contributed by atoms with van der Waals surface area (Å²) in [5.41, 5.74) is -0.0524. The van der Waals surface area contributed by atoms with E-state index >= 15 is 0 Å². The SMILES string of the molecule is CCCC(C)(Nc1nccc2occc12)C(=O)OC. The Morgan fingerprint density at radius 2 is 2.32 bits per heavy atom. The summed E-state index contributed by atoms with van der Waals surface area (Å²) >= 11 is 0. The Labute approximate surface area is 112 Å². The monoisotopic (exact) mass is 262 g/mol. The largest absolute Gasteiger partial charge is 0.467 e. The van der Waals surface area contributed by atoms with Crippen LogP contribution in [-0.2, 0) is 9.53 Å². The van der Waals surface area contributed by atoms with Crippen LogP contribution in [0.5, 0.6) is 0 Å².